The molecule has 5 heterocycles. The molecule has 7 aromatic carbocycles. The fourth-order valence-electron chi connectivity index (χ4n) is 16.4. The number of carbonyl (C=O) groups excluding carboxylic acids is 8. The van der Waals surface area contributed by atoms with Crippen LogP contribution in [-0.2, 0) is 147 Å². The Morgan fingerprint density at radius 1 is 0.569 bits per heavy atom. The Labute approximate surface area is 770 Å². The first kappa shape index (κ1) is 99.3. The van der Waals surface area contributed by atoms with E-state index >= 15 is 9.59 Å². The minimum absolute atomic E-state index is 0.0261. The number of nitrogens with zero attached hydrogens (tertiary/aromatic N) is 1. The van der Waals surface area contributed by atoms with E-state index in [1.54, 1.807) is 49.1 Å². The van der Waals surface area contributed by atoms with Crippen molar-refractivity contribution >= 4 is 82.7 Å². The van der Waals surface area contributed by atoms with Crippen molar-refractivity contribution in [3.8, 4) is 0 Å². The summed E-state index contributed by atoms with van der Waals surface area (Å²) in [4.78, 5) is 114. The van der Waals surface area contributed by atoms with Crippen LogP contribution in [0.15, 0.2) is 212 Å². The Morgan fingerprint density at radius 3 is 1.72 bits per heavy atom. The number of hydrogen-bond acceptors (Lipinski definition) is 28. The van der Waals surface area contributed by atoms with E-state index < -0.39 is 212 Å². The van der Waals surface area contributed by atoms with Gasteiger partial charge in [0.2, 0.25) is 3.79 Å². The molecule has 12 rings (SSSR count). The van der Waals surface area contributed by atoms with Gasteiger partial charge in [-0.3, -0.25) is 14.4 Å². The SMILES string of the molecule is COC(=O)[C@@]1(OCC2O[C@@H](O[C@@H]3C(OCc4ccccc4)[C@H](OCCCCCN(Cc4ccccc4)C(=O)OCc4ccccc4)OC(COCc4ccccc4)[C@@H]3OCc3ccccc3)C(NC(=O)OCC(Cl)(Cl)Cl)[C@@H](O[C@@H]3OC4COC(c5ccccc5)OC4[C@H](C)C3OC(=O)c3ccccc3)[C@@H]2C)C[C@@H](OC(N)=O)[C@@H](C(C)=O)C([C@H](C)[C@@H](COC(C)=O)OC(C)=O)O1. The molecule has 0 saturated carbocycles. The molecule has 3 amide bonds. The van der Waals surface area contributed by atoms with Crippen LogP contribution >= 0.6 is 34.8 Å². The first-order valence-electron chi connectivity index (χ1n) is 43.3. The van der Waals surface area contributed by atoms with E-state index in [9.17, 15) is 28.8 Å². The number of rotatable bonds is 41. The third-order valence-electron chi connectivity index (χ3n) is 23.0. The highest BCUT2D eigenvalue weighted by atomic mass is 35.6. The van der Waals surface area contributed by atoms with Crippen molar-refractivity contribution in [2.24, 2.45) is 29.4 Å². The standard InChI is InChI=1S/C96H112Cl3N3O28/c1-59(73(121-64(6)105)55-114-63(5)104)80-77(62(4)103)72(125-92(100)108)48-95(130-80,91(107)111-7)120-57-74-60(2)81(128-90-82(126-86(106)70-42-26-13-27-43-70)61(3)79-76(124-90)56-117-87(127-79)71-44-28-14-29-45-71)78(101-93(109)119-58-96(97,98)99)88(122-74)129-84-83(115-51-67-36-20-10-21-37-67)75(54-112-50-66-34-18-9-19-35-66)123-89(85(84)116-52-68-38-22-11-23-39-68)113-47-31-15-30-46-102(49-65-32-16-8-17-33-65)94(110)118-53-69-40-24-12-25-41-69/h8-14,16-29,32-45,59-61,72-85,87-90H,15,30-31,46-58H2,1-7H3,(H2,100,108)(H,101,109)/t59-,60-,61+,72-,73-,74?,75?,76?,77-,78?,79?,80?,81+,82?,83+,84+,85?,87?,88+,89-,90+,95-/m1/s1. The average Bonchev–Trinajstić information content (AvgIpc) is 0.763. The minimum atomic E-state index is -2.75. The summed E-state index contributed by atoms with van der Waals surface area (Å²) in [6.45, 7) is 6.43. The fourth-order valence-corrected chi connectivity index (χ4v) is 16.6. The molecule has 5 aliphatic rings. The van der Waals surface area contributed by atoms with Gasteiger partial charge in [-0.25, -0.2) is 24.0 Å². The van der Waals surface area contributed by atoms with E-state index in [1.807, 2.05) is 182 Å². The summed E-state index contributed by atoms with van der Waals surface area (Å²) in [7, 11) is 1.03. The number of primary amides is 1. The monoisotopic (exact) mass is 1860 g/mol. The van der Waals surface area contributed by atoms with Crippen LogP contribution in [0.4, 0.5) is 14.4 Å². The number of halogens is 3. The van der Waals surface area contributed by atoms with E-state index in [2.05, 4.69) is 5.32 Å². The molecule has 7 aromatic rings. The Morgan fingerprint density at radius 2 is 1.14 bits per heavy atom. The van der Waals surface area contributed by atoms with Gasteiger partial charge in [0.1, 0.15) is 74.4 Å². The molecule has 34 heteroatoms. The Balaban J connectivity index is 0.980. The lowest BCUT2D eigenvalue weighted by molar-refractivity contribution is -0.382. The number of hydrogen-bond donors (Lipinski definition) is 2. The molecule has 22 atom stereocenters. The summed E-state index contributed by atoms with van der Waals surface area (Å²) in [6, 6.07) is 62.7. The number of alkyl carbamates (subject to hydrolysis) is 1. The summed E-state index contributed by atoms with van der Waals surface area (Å²) < 4.78 is 130. The van der Waals surface area contributed by atoms with Gasteiger partial charge in [-0.2, -0.15) is 0 Å². The van der Waals surface area contributed by atoms with Crippen LogP contribution < -0.4 is 11.1 Å². The predicted molar refractivity (Wildman–Crippen MR) is 468 cm³/mol. The number of Topliss-reactive ketones (excluding diaryl/α,β-unsaturated/α-hetero) is 1. The van der Waals surface area contributed by atoms with Gasteiger partial charge in [0, 0.05) is 56.9 Å². The van der Waals surface area contributed by atoms with Crippen LogP contribution in [-0.4, -0.2) is 214 Å². The molecule has 0 aliphatic carbocycles. The van der Waals surface area contributed by atoms with Gasteiger partial charge in [0.25, 0.3) is 5.79 Å². The zero-order chi connectivity index (χ0) is 92.3. The van der Waals surface area contributed by atoms with Crippen molar-refractivity contribution in [2.45, 2.75) is 214 Å². The summed E-state index contributed by atoms with van der Waals surface area (Å²) in [5.74, 6) is -11.8. The lowest BCUT2D eigenvalue weighted by Gasteiger charge is -2.53. The van der Waals surface area contributed by atoms with Crippen molar-refractivity contribution in [1.29, 1.82) is 0 Å². The molecule has 5 fully saturated rings. The van der Waals surface area contributed by atoms with Gasteiger partial charge >= 0.3 is 42.2 Å². The molecule has 130 heavy (non-hydrogen) atoms. The number of nitrogens with one attached hydrogen (secondary N) is 1. The first-order chi connectivity index (χ1) is 62.7. The number of amides is 3. The molecule has 3 N–H and O–H groups in total. The number of esters is 4. The topological polar surface area (TPSA) is 362 Å². The maximum Gasteiger partial charge on any atom is 0.410 e. The summed E-state index contributed by atoms with van der Waals surface area (Å²) in [5, 5.41) is 2.93. The van der Waals surface area contributed by atoms with Gasteiger partial charge in [0.05, 0.1) is 89.1 Å². The third-order valence-corrected chi connectivity index (χ3v) is 23.3. The van der Waals surface area contributed by atoms with Crippen molar-refractivity contribution < 1.29 is 133 Å². The zero-order valence-electron chi connectivity index (χ0n) is 73.2. The molecule has 9 unspecified atom stereocenters. The number of alkyl halides is 3. The minimum Gasteiger partial charge on any atom is -0.465 e. The third kappa shape index (κ3) is 28.2. The molecular weight excluding hydrogens is 1750 g/mol. The van der Waals surface area contributed by atoms with Crippen molar-refractivity contribution in [3.63, 3.8) is 0 Å². The highest BCUT2D eigenvalue weighted by molar-refractivity contribution is 6.67. The van der Waals surface area contributed by atoms with Crippen LogP contribution in [0.1, 0.15) is 117 Å². The van der Waals surface area contributed by atoms with E-state index in [0.717, 1.165) is 37.6 Å². The molecule has 0 spiro atoms. The number of methoxy groups -OCH3 is 1. The Kier molecular flexibility index (Phi) is 37.1. The van der Waals surface area contributed by atoms with Gasteiger partial charge in [-0.15, -0.1) is 0 Å². The Hall–Kier alpha value is -9.75. The highest BCUT2D eigenvalue weighted by Gasteiger charge is 2.62. The zero-order valence-corrected chi connectivity index (χ0v) is 75.5. The second-order valence-electron chi connectivity index (χ2n) is 32.5. The second kappa shape index (κ2) is 48.6. The molecular formula is C96H112Cl3N3O28. The summed E-state index contributed by atoms with van der Waals surface area (Å²) in [6.07, 6.45) is -24.6. The summed E-state index contributed by atoms with van der Waals surface area (Å²) >= 11 is 19.0. The number of unbranched alkanes of at least 4 members (excludes halogenated alkanes) is 2. The molecule has 0 aromatic heterocycles. The lowest BCUT2D eigenvalue weighted by Crippen LogP contribution is -2.69. The maximum absolute atomic E-state index is 15.2. The Bertz CT molecular complexity index is 4720. The molecule has 0 bridgehead atoms. The van der Waals surface area contributed by atoms with Crippen LogP contribution in [0.2, 0.25) is 0 Å². The smallest absolute Gasteiger partial charge is 0.410 e. The normalized spacial score (nSPS) is 27.1. The second-order valence-corrected chi connectivity index (χ2v) is 35.0. The van der Waals surface area contributed by atoms with Crippen LogP contribution in [0.5, 0.6) is 0 Å². The average molecular weight is 1860 g/mol. The van der Waals surface area contributed by atoms with Crippen molar-refractivity contribution in [3.05, 3.63) is 251 Å². The maximum atomic E-state index is 15.2. The van der Waals surface area contributed by atoms with Gasteiger partial charge in [-0.1, -0.05) is 256 Å². The summed E-state index contributed by atoms with van der Waals surface area (Å²) in [5.41, 5.74) is 10.6. The molecule has 0 radical (unpaired) electrons. The number of nitrogens with two attached hydrogens (primary N) is 1. The van der Waals surface area contributed by atoms with E-state index in [0.29, 0.717) is 42.5 Å². The van der Waals surface area contributed by atoms with E-state index in [-0.39, 0.29) is 58.4 Å². The number of fused-ring (bicyclic) bond motifs is 1. The van der Waals surface area contributed by atoms with Gasteiger partial charge in [0.15, 0.2) is 31.3 Å². The fraction of sp³-hybridized carbons (Fsp3) is 0.479. The van der Waals surface area contributed by atoms with Crippen molar-refractivity contribution in [2.75, 3.05) is 53.3 Å². The molecule has 700 valence electrons. The first-order valence-corrected chi connectivity index (χ1v) is 44.4. The van der Waals surface area contributed by atoms with Gasteiger partial charge < -0.3 is 111 Å². The van der Waals surface area contributed by atoms with Crippen LogP contribution in [0.25, 0.3) is 0 Å². The van der Waals surface area contributed by atoms with Crippen LogP contribution in [0, 0.1) is 23.7 Å². The largest absolute Gasteiger partial charge is 0.465 e. The number of ketones is 1. The number of carbonyl (C=O) groups is 8. The van der Waals surface area contributed by atoms with Crippen molar-refractivity contribution in [1.82, 2.24) is 10.2 Å². The van der Waals surface area contributed by atoms with E-state index in [4.69, 9.17) is 135 Å². The predicted octanol–water partition coefficient (Wildman–Crippen LogP) is 13.9. The molecule has 31 nitrogen and oxygen atoms in total. The number of benzene rings is 7. The molecule has 5 saturated heterocycles. The number of ether oxygens (including phenoxy) is 20. The lowest BCUT2D eigenvalue weighted by atomic mass is 9.77. The van der Waals surface area contributed by atoms with E-state index in [1.165, 1.54) is 13.8 Å². The molecule has 5 aliphatic heterocycles. The highest BCUT2D eigenvalue weighted by Crippen LogP contribution is 2.46. The van der Waals surface area contributed by atoms with Crippen LogP contribution in [0.3, 0.4) is 0 Å². The quantitative estimate of drug-likeness (QED) is 0.0156. The van der Waals surface area contributed by atoms with Gasteiger partial charge in [-0.05, 0) is 66.1 Å².